The van der Waals surface area contributed by atoms with Crippen LogP contribution in [0.1, 0.15) is 28.4 Å². The summed E-state index contributed by atoms with van der Waals surface area (Å²) in [6, 6.07) is 21.6. The van der Waals surface area contributed by atoms with Crippen LogP contribution in [0.4, 0.5) is 0 Å². The van der Waals surface area contributed by atoms with Crippen LogP contribution in [-0.4, -0.2) is 25.0 Å². The second-order valence-electron chi connectivity index (χ2n) is 7.03. The molecule has 1 aliphatic heterocycles. The van der Waals surface area contributed by atoms with E-state index in [9.17, 15) is 9.59 Å². The topological polar surface area (TPSA) is 71.1 Å². The molecule has 0 aromatic heterocycles. The molecule has 0 N–H and O–H groups in total. The van der Waals surface area contributed by atoms with Crippen molar-refractivity contribution in [3.8, 4) is 17.2 Å². The number of allylic oxidation sites excluding steroid dienone is 1. The molecule has 3 aromatic carbocycles. The van der Waals surface area contributed by atoms with Gasteiger partial charge in [-0.1, -0.05) is 42.5 Å². The minimum Gasteiger partial charge on any atom is -0.494 e. The zero-order chi connectivity index (χ0) is 22.3. The number of benzene rings is 3. The number of carbonyl (C=O) groups is 2. The van der Waals surface area contributed by atoms with Crippen molar-refractivity contribution in [1.82, 2.24) is 0 Å². The van der Waals surface area contributed by atoms with Crippen LogP contribution in [0.15, 0.2) is 78.6 Å². The van der Waals surface area contributed by atoms with Gasteiger partial charge in [0.2, 0.25) is 5.78 Å². The Labute approximate surface area is 186 Å². The van der Waals surface area contributed by atoms with Gasteiger partial charge in [-0.05, 0) is 48.4 Å². The molecule has 162 valence electrons. The normalized spacial score (nSPS) is 13.4. The molecule has 0 aliphatic carbocycles. The van der Waals surface area contributed by atoms with Gasteiger partial charge < -0.3 is 18.9 Å². The summed E-state index contributed by atoms with van der Waals surface area (Å²) in [5, 5.41) is 0. The van der Waals surface area contributed by atoms with E-state index in [0.717, 1.165) is 16.9 Å². The first kappa shape index (κ1) is 21.2. The molecule has 0 radical (unpaired) electrons. The molecule has 4 rings (SSSR count). The molecule has 0 bridgehead atoms. The van der Waals surface area contributed by atoms with Crippen molar-refractivity contribution in [3.63, 3.8) is 0 Å². The first-order valence-electron chi connectivity index (χ1n) is 10.3. The Morgan fingerprint density at radius 1 is 0.938 bits per heavy atom. The number of esters is 1. The van der Waals surface area contributed by atoms with E-state index in [-0.39, 0.29) is 24.8 Å². The molecule has 0 fully saturated rings. The predicted molar refractivity (Wildman–Crippen MR) is 119 cm³/mol. The van der Waals surface area contributed by atoms with Gasteiger partial charge in [0.05, 0.1) is 12.2 Å². The van der Waals surface area contributed by atoms with Crippen molar-refractivity contribution in [3.05, 3.63) is 95.2 Å². The molecule has 1 aliphatic rings. The van der Waals surface area contributed by atoms with Gasteiger partial charge in [0, 0.05) is 6.07 Å². The van der Waals surface area contributed by atoms with Crippen LogP contribution in [0, 0.1) is 0 Å². The van der Waals surface area contributed by atoms with E-state index < -0.39 is 5.97 Å². The summed E-state index contributed by atoms with van der Waals surface area (Å²) in [5.41, 5.74) is 2.17. The van der Waals surface area contributed by atoms with Gasteiger partial charge in [-0.3, -0.25) is 4.79 Å². The molecule has 0 saturated heterocycles. The van der Waals surface area contributed by atoms with Gasteiger partial charge in [-0.25, -0.2) is 4.79 Å². The Hall–Kier alpha value is -4.06. The lowest BCUT2D eigenvalue weighted by Crippen LogP contribution is -2.14. The van der Waals surface area contributed by atoms with Crippen LogP contribution in [0.3, 0.4) is 0 Å². The minimum atomic E-state index is -0.484. The summed E-state index contributed by atoms with van der Waals surface area (Å²) in [4.78, 5) is 24.6. The maximum absolute atomic E-state index is 12.6. The zero-order valence-corrected chi connectivity index (χ0v) is 17.6. The molecule has 0 atom stereocenters. The lowest BCUT2D eigenvalue weighted by atomic mass is 10.1. The van der Waals surface area contributed by atoms with E-state index in [1.165, 1.54) is 0 Å². The Bertz CT molecular complexity index is 1130. The highest BCUT2D eigenvalue weighted by atomic mass is 16.6. The Kier molecular flexibility index (Phi) is 6.51. The molecule has 6 heteroatoms. The third-order valence-corrected chi connectivity index (χ3v) is 4.73. The van der Waals surface area contributed by atoms with Gasteiger partial charge in [0.1, 0.15) is 23.9 Å². The zero-order valence-electron chi connectivity index (χ0n) is 17.6. The Morgan fingerprint density at radius 3 is 2.44 bits per heavy atom. The van der Waals surface area contributed by atoms with Crippen LogP contribution >= 0.6 is 0 Å². The molecule has 0 spiro atoms. The molecular formula is C26H22O6. The van der Waals surface area contributed by atoms with Crippen molar-refractivity contribution < 1.29 is 28.5 Å². The number of ketones is 1. The van der Waals surface area contributed by atoms with Crippen LogP contribution in [-0.2, 0) is 16.1 Å². The quantitative estimate of drug-likeness (QED) is 0.377. The van der Waals surface area contributed by atoms with Gasteiger partial charge in [-0.2, -0.15) is 0 Å². The van der Waals surface area contributed by atoms with Crippen LogP contribution < -0.4 is 14.2 Å². The van der Waals surface area contributed by atoms with E-state index in [1.807, 2.05) is 61.5 Å². The highest BCUT2D eigenvalue weighted by molar-refractivity contribution is 6.14. The second kappa shape index (κ2) is 9.83. The first-order valence-corrected chi connectivity index (χ1v) is 10.3. The maximum Gasteiger partial charge on any atom is 0.344 e. The Morgan fingerprint density at radius 2 is 1.69 bits per heavy atom. The number of ether oxygens (including phenoxy) is 4. The van der Waals surface area contributed by atoms with Crippen LogP contribution in [0.5, 0.6) is 17.2 Å². The third-order valence-electron chi connectivity index (χ3n) is 4.73. The average Bonchev–Trinajstić information content (AvgIpc) is 3.13. The Balaban J connectivity index is 1.35. The number of hydrogen-bond donors (Lipinski definition) is 0. The lowest BCUT2D eigenvalue weighted by Gasteiger charge is -2.08. The molecule has 0 unspecified atom stereocenters. The van der Waals surface area contributed by atoms with E-state index in [2.05, 4.69) is 0 Å². The molecule has 32 heavy (non-hydrogen) atoms. The number of Topliss-reactive ketones (excluding diaryl/α,β-unsaturated/α-hetero) is 1. The van der Waals surface area contributed by atoms with Crippen molar-refractivity contribution in [1.29, 1.82) is 0 Å². The van der Waals surface area contributed by atoms with E-state index >= 15 is 0 Å². The molecular weight excluding hydrogens is 408 g/mol. The molecule has 6 nitrogen and oxygen atoms in total. The predicted octanol–water partition coefficient (Wildman–Crippen LogP) is 4.82. The maximum atomic E-state index is 12.6. The fraction of sp³-hybridized carbons (Fsp3) is 0.154. The van der Waals surface area contributed by atoms with Crippen molar-refractivity contribution in [2.45, 2.75) is 13.5 Å². The smallest absolute Gasteiger partial charge is 0.344 e. The minimum absolute atomic E-state index is 0.185. The van der Waals surface area contributed by atoms with Gasteiger partial charge in [0.25, 0.3) is 0 Å². The molecule has 0 saturated carbocycles. The number of fused-ring (bicyclic) bond motifs is 1. The standard InChI is InChI=1S/C26H22O6/c1-2-29-20-10-8-18(9-11-20)14-24-26(28)22-13-12-21(15-23(22)32-24)30-17-25(27)31-16-19-6-4-3-5-7-19/h3-15H,2,16-17H2,1H3. The number of hydrogen-bond acceptors (Lipinski definition) is 6. The van der Waals surface area contributed by atoms with Gasteiger partial charge in [0.15, 0.2) is 12.4 Å². The van der Waals surface area contributed by atoms with E-state index in [1.54, 1.807) is 24.3 Å². The third kappa shape index (κ3) is 5.16. The molecule has 1 heterocycles. The SMILES string of the molecule is CCOc1ccc(C=C2Oc3cc(OCC(=O)OCc4ccccc4)ccc3C2=O)cc1. The average molecular weight is 430 g/mol. The fourth-order valence-electron chi connectivity index (χ4n) is 3.16. The lowest BCUT2D eigenvalue weighted by molar-refractivity contribution is -0.147. The summed E-state index contributed by atoms with van der Waals surface area (Å²) < 4.78 is 21.9. The molecule has 3 aromatic rings. The van der Waals surface area contributed by atoms with Gasteiger partial charge >= 0.3 is 5.97 Å². The fourth-order valence-corrected chi connectivity index (χ4v) is 3.16. The highest BCUT2D eigenvalue weighted by Gasteiger charge is 2.27. The van der Waals surface area contributed by atoms with Crippen molar-refractivity contribution >= 4 is 17.8 Å². The van der Waals surface area contributed by atoms with Crippen molar-refractivity contribution in [2.24, 2.45) is 0 Å². The van der Waals surface area contributed by atoms with E-state index in [0.29, 0.717) is 23.7 Å². The largest absolute Gasteiger partial charge is 0.494 e. The first-order chi connectivity index (χ1) is 15.6. The highest BCUT2D eigenvalue weighted by Crippen LogP contribution is 2.35. The summed E-state index contributed by atoms with van der Waals surface area (Å²) in [6.45, 7) is 2.45. The van der Waals surface area contributed by atoms with Crippen LogP contribution in [0.2, 0.25) is 0 Å². The van der Waals surface area contributed by atoms with Gasteiger partial charge in [-0.15, -0.1) is 0 Å². The monoisotopic (exact) mass is 430 g/mol. The molecule has 0 amide bonds. The van der Waals surface area contributed by atoms with E-state index in [4.69, 9.17) is 18.9 Å². The second-order valence-corrected chi connectivity index (χ2v) is 7.03. The number of carbonyl (C=O) groups excluding carboxylic acids is 2. The summed E-state index contributed by atoms with van der Waals surface area (Å²) in [7, 11) is 0. The van der Waals surface area contributed by atoms with Crippen molar-refractivity contribution in [2.75, 3.05) is 13.2 Å². The van der Waals surface area contributed by atoms with Crippen LogP contribution in [0.25, 0.3) is 6.08 Å². The number of rotatable bonds is 8. The summed E-state index contributed by atoms with van der Waals surface area (Å²) >= 11 is 0. The summed E-state index contributed by atoms with van der Waals surface area (Å²) in [5.74, 6) is 1.10. The summed E-state index contributed by atoms with van der Waals surface area (Å²) in [6.07, 6.45) is 1.68.